The van der Waals surface area contributed by atoms with Crippen molar-refractivity contribution >= 4 is 11.9 Å². The molecule has 1 aliphatic rings. The summed E-state index contributed by atoms with van der Waals surface area (Å²) in [5, 5.41) is 14.8. The fraction of sp³-hybridized carbons (Fsp3) is 0.440. The SMILES string of the molecule is COc1ccccc1OCCCCN1CCC(Cc2ccccc2)CC1.O=C(O)C(=O)O. The zero-order valence-electron chi connectivity index (χ0n) is 18.6. The average Bonchev–Trinajstić information content (AvgIpc) is 2.81. The van der Waals surface area contributed by atoms with Crippen LogP contribution in [0.2, 0.25) is 0 Å². The molecule has 2 N–H and O–H groups in total. The van der Waals surface area contributed by atoms with Gasteiger partial charge in [-0.1, -0.05) is 42.5 Å². The Labute approximate surface area is 189 Å². The van der Waals surface area contributed by atoms with Gasteiger partial charge >= 0.3 is 11.9 Å². The summed E-state index contributed by atoms with van der Waals surface area (Å²) in [4.78, 5) is 20.8. The van der Waals surface area contributed by atoms with Crippen LogP contribution in [-0.4, -0.2) is 60.4 Å². The highest BCUT2D eigenvalue weighted by Crippen LogP contribution is 2.26. The molecule has 0 radical (unpaired) electrons. The zero-order valence-corrected chi connectivity index (χ0v) is 18.6. The topological polar surface area (TPSA) is 96.3 Å². The fourth-order valence-electron chi connectivity index (χ4n) is 3.72. The number of rotatable bonds is 9. The number of piperidine rings is 1. The Balaban J connectivity index is 0.000000534. The lowest BCUT2D eigenvalue weighted by molar-refractivity contribution is -0.159. The number of hydrogen-bond acceptors (Lipinski definition) is 5. The van der Waals surface area contributed by atoms with Gasteiger partial charge in [0.25, 0.3) is 0 Å². The molecule has 1 aliphatic heterocycles. The van der Waals surface area contributed by atoms with E-state index >= 15 is 0 Å². The first-order chi connectivity index (χ1) is 15.5. The Hall–Kier alpha value is -3.06. The Kier molecular flexibility index (Phi) is 11.1. The summed E-state index contributed by atoms with van der Waals surface area (Å²) in [5.41, 5.74) is 1.49. The number of hydrogen-bond donors (Lipinski definition) is 2. The van der Waals surface area contributed by atoms with Gasteiger partial charge in [0.05, 0.1) is 13.7 Å². The van der Waals surface area contributed by atoms with Crippen LogP contribution in [0.15, 0.2) is 54.6 Å². The summed E-state index contributed by atoms with van der Waals surface area (Å²) in [7, 11) is 1.68. The first kappa shape index (κ1) is 25.2. The third-order valence-electron chi connectivity index (χ3n) is 5.45. The van der Waals surface area contributed by atoms with E-state index in [-0.39, 0.29) is 0 Å². The van der Waals surface area contributed by atoms with E-state index in [9.17, 15) is 0 Å². The van der Waals surface area contributed by atoms with Gasteiger partial charge in [0.15, 0.2) is 11.5 Å². The first-order valence-corrected chi connectivity index (χ1v) is 11.0. The molecule has 174 valence electrons. The van der Waals surface area contributed by atoms with E-state index in [1.165, 1.54) is 50.9 Å². The van der Waals surface area contributed by atoms with Crippen LogP contribution in [0.25, 0.3) is 0 Å². The summed E-state index contributed by atoms with van der Waals surface area (Å²) in [6.45, 7) is 4.42. The molecule has 7 nitrogen and oxygen atoms in total. The molecule has 1 heterocycles. The number of benzene rings is 2. The van der Waals surface area contributed by atoms with Crippen LogP contribution in [0, 0.1) is 5.92 Å². The smallest absolute Gasteiger partial charge is 0.414 e. The normalized spacial score (nSPS) is 14.2. The van der Waals surface area contributed by atoms with Crippen molar-refractivity contribution in [3.05, 3.63) is 60.2 Å². The van der Waals surface area contributed by atoms with Crippen molar-refractivity contribution in [2.24, 2.45) is 5.92 Å². The van der Waals surface area contributed by atoms with Crippen LogP contribution < -0.4 is 9.47 Å². The first-order valence-electron chi connectivity index (χ1n) is 11.0. The third-order valence-corrected chi connectivity index (χ3v) is 5.45. The highest BCUT2D eigenvalue weighted by molar-refractivity contribution is 6.27. The van der Waals surface area contributed by atoms with Crippen molar-refractivity contribution in [1.82, 2.24) is 4.90 Å². The van der Waals surface area contributed by atoms with Gasteiger partial charge in [-0.15, -0.1) is 0 Å². The van der Waals surface area contributed by atoms with Crippen molar-refractivity contribution in [3.63, 3.8) is 0 Å². The van der Waals surface area contributed by atoms with Crippen LogP contribution in [0.1, 0.15) is 31.2 Å². The van der Waals surface area contributed by atoms with Gasteiger partial charge in [-0.05, 0) is 75.4 Å². The Morgan fingerprint density at radius 2 is 1.50 bits per heavy atom. The second-order valence-corrected chi connectivity index (χ2v) is 7.79. The molecule has 7 heteroatoms. The monoisotopic (exact) mass is 443 g/mol. The fourth-order valence-corrected chi connectivity index (χ4v) is 3.72. The molecule has 32 heavy (non-hydrogen) atoms. The summed E-state index contributed by atoms with van der Waals surface area (Å²) < 4.78 is 11.2. The largest absolute Gasteiger partial charge is 0.493 e. The molecule has 2 aromatic rings. The molecule has 0 bridgehead atoms. The number of aliphatic carboxylic acids is 2. The predicted molar refractivity (Wildman–Crippen MR) is 122 cm³/mol. The Morgan fingerprint density at radius 3 is 2.09 bits per heavy atom. The molecule has 0 spiro atoms. The van der Waals surface area contributed by atoms with Crippen LogP contribution in [0.4, 0.5) is 0 Å². The van der Waals surface area contributed by atoms with E-state index in [1.807, 2.05) is 24.3 Å². The quantitative estimate of drug-likeness (QED) is 0.447. The molecule has 0 atom stereocenters. The maximum atomic E-state index is 9.10. The van der Waals surface area contributed by atoms with Crippen molar-refractivity contribution in [1.29, 1.82) is 0 Å². The van der Waals surface area contributed by atoms with E-state index in [0.29, 0.717) is 0 Å². The predicted octanol–water partition coefficient (Wildman–Crippen LogP) is 3.96. The van der Waals surface area contributed by atoms with Crippen molar-refractivity contribution in [2.75, 3.05) is 33.4 Å². The van der Waals surface area contributed by atoms with Gasteiger partial charge in [-0.3, -0.25) is 0 Å². The third kappa shape index (κ3) is 9.39. The van der Waals surface area contributed by atoms with Gasteiger partial charge in [0.2, 0.25) is 0 Å². The van der Waals surface area contributed by atoms with Gasteiger partial charge in [-0.25, -0.2) is 9.59 Å². The number of likely N-dealkylation sites (tertiary alicyclic amines) is 1. The number of para-hydroxylation sites is 2. The molecule has 0 aliphatic carbocycles. The van der Waals surface area contributed by atoms with Gasteiger partial charge in [0, 0.05) is 0 Å². The Morgan fingerprint density at radius 1 is 0.906 bits per heavy atom. The molecular weight excluding hydrogens is 410 g/mol. The average molecular weight is 444 g/mol. The van der Waals surface area contributed by atoms with E-state index in [0.717, 1.165) is 30.4 Å². The Bertz CT molecular complexity index is 806. The van der Waals surface area contributed by atoms with Crippen molar-refractivity contribution in [3.8, 4) is 11.5 Å². The molecule has 0 saturated carbocycles. The van der Waals surface area contributed by atoms with E-state index < -0.39 is 11.9 Å². The lowest BCUT2D eigenvalue weighted by Gasteiger charge is -2.32. The van der Waals surface area contributed by atoms with Crippen LogP contribution in [-0.2, 0) is 16.0 Å². The molecule has 2 aromatic carbocycles. The molecule has 0 amide bonds. The van der Waals surface area contributed by atoms with Crippen LogP contribution >= 0.6 is 0 Å². The van der Waals surface area contributed by atoms with Gasteiger partial charge in [-0.2, -0.15) is 0 Å². The number of carbonyl (C=O) groups is 2. The number of ether oxygens (including phenoxy) is 2. The van der Waals surface area contributed by atoms with Crippen LogP contribution in [0.5, 0.6) is 11.5 Å². The summed E-state index contributed by atoms with van der Waals surface area (Å²) in [6, 6.07) is 18.8. The number of carboxylic acid groups (broad SMARTS) is 2. The highest BCUT2D eigenvalue weighted by atomic mass is 16.5. The minimum Gasteiger partial charge on any atom is -0.493 e. The van der Waals surface area contributed by atoms with Crippen LogP contribution in [0.3, 0.4) is 0 Å². The summed E-state index contributed by atoms with van der Waals surface area (Å²) in [5.74, 6) is -1.14. The molecule has 1 saturated heterocycles. The van der Waals surface area contributed by atoms with Crippen molar-refractivity contribution in [2.45, 2.75) is 32.1 Å². The summed E-state index contributed by atoms with van der Waals surface area (Å²) in [6.07, 6.45) is 6.17. The van der Waals surface area contributed by atoms with E-state index in [4.69, 9.17) is 29.3 Å². The minimum absolute atomic E-state index is 0.755. The molecular formula is C25H33NO6. The van der Waals surface area contributed by atoms with Crippen molar-refractivity contribution < 1.29 is 29.3 Å². The number of nitrogens with zero attached hydrogens (tertiary/aromatic N) is 1. The number of unbranched alkanes of at least 4 members (excludes halogenated alkanes) is 1. The number of methoxy groups -OCH3 is 1. The maximum absolute atomic E-state index is 9.10. The minimum atomic E-state index is -1.82. The summed E-state index contributed by atoms with van der Waals surface area (Å²) >= 11 is 0. The lowest BCUT2D eigenvalue weighted by Crippen LogP contribution is -2.35. The molecule has 0 unspecified atom stereocenters. The molecule has 1 fully saturated rings. The van der Waals surface area contributed by atoms with Gasteiger partial charge < -0.3 is 24.6 Å². The standard InChI is InChI=1S/C23H31NO2.C2H2O4/c1-25-22-11-5-6-12-23(22)26-18-8-7-15-24-16-13-21(14-17-24)19-20-9-3-2-4-10-20;3-1(4)2(5)6/h2-6,9-12,21H,7-8,13-19H2,1H3;(H,3,4)(H,5,6). The number of carboxylic acids is 2. The van der Waals surface area contributed by atoms with Gasteiger partial charge in [0.1, 0.15) is 0 Å². The molecule has 0 aromatic heterocycles. The van der Waals surface area contributed by atoms with E-state index in [1.54, 1.807) is 7.11 Å². The maximum Gasteiger partial charge on any atom is 0.414 e. The second-order valence-electron chi connectivity index (χ2n) is 7.79. The highest BCUT2D eigenvalue weighted by Gasteiger charge is 2.19. The lowest BCUT2D eigenvalue weighted by atomic mass is 9.90. The zero-order chi connectivity index (χ0) is 23.2. The van der Waals surface area contributed by atoms with E-state index in [2.05, 4.69) is 35.2 Å². The second kappa shape index (κ2) is 14.1. The molecule has 3 rings (SSSR count).